The van der Waals surface area contributed by atoms with Gasteiger partial charge in [0, 0.05) is 69.9 Å². The predicted octanol–water partition coefficient (Wildman–Crippen LogP) is 4.28. The molecular formula is C40H38N2O13. The Morgan fingerprint density at radius 1 is 0.673 bits per heavy atom. The number of carboxylic acids is 1. The number of nitrogens with zero attached hydrogens (tertiary/aromatic N) is 2. The van der Waals surface area contributed by atoms with Crippen LogP contribution in [-0.4, -0.2) is 79.1 Å². The van der Waals surface area contributed by atoms with Crippen LogP contribution in [0.4, 0.5) is 0 Å². The summed E-state index contributed by atoms with van der Waals surface area (Å²) in [5.41, 5.74) is -0.0779. The first-order chi connectivity index (χ1) is 26.2. The molecule has 55 heavy (non-hydrogen) atoms. The van der Waals surface area contributed by atoms with Crippen molar-refractivity contribution >= 4 is 58.7 Å². The number of amides is 4. The van der Waals surface area contributed by atoms with Gasteiger partial charge in [0.15, 0.2) is 23.1 Å². The van der Waals surface area contributed by atoms with Crippen molar-refractivity contribution in [1.29, 1.82) is 0 Å². The number of carbonyl (C=O) groups excluding carboxylic acids is 9. The Bertz CT molecular complexity index is 2110. The van der Waals surface area contributed by atoms with Gasteiger partial charge >= 0.3 is 11.9 Å². The maximum Gasteiger partial charge on any atom is 0.334 e. The lowest BCUT2D eigenvalue weighted by molar-refractivity contribution is -0.198. The lowest BCUT2D eigenvalue weighted by atomic mass is 9.74. The second kappa shape index (κ2) is 17.4. The number of fused-ring (bicyclic) bond motifs is 2. The van der Waals surface area contributed by atoms with Crippen LogP contribution >= 0.6 is 0 Å². The molecule has 15 nitrogen and oxygen atoms in total. The summed E-state index contributed by atoms with van der Waals surface area (Å²) in [6, 6.07) is 13.1. The molecule has 4 amide bonds. The molecule has 0 spiro atoms. The summed E-state index contributed by atoms with van der Waals surface area (Å²) in [5.74, 6) is -5.11. The van der Waals surface area contributed by atoms with Crippen molar-refractivity contribution in [2.24, 2.45) is 10.8 Å². The summed E-state index contributed by atoms with van der Waals surface area (Å²) in [5, 5.41) is 17.9. The van der Waals surface area contributed by atoms with Crippen LogP contribution in [0.15, 0.2) is 71.8 Å². The fraction of sp³-hybridized carbons (Fsp3) is 0.300. The first-order valence-electron chi connectivity index (χ1n) is 17.2. The molecule has 2 aliphatic heterocycles. The zero-order chi connectivity index (χ0) is 42.1. The van der Waals surface area contributed by atoms with E-state index in [1.165, 1.54) is 18.6 Å². The van der Waals surface area contributed by atoms with E-state index < -0.39 is 46.4 Å². The van der Waals surface area contributed by atoms with E-state index in [9.17, 15) is 47.9 Å². The molecule has 0 saturated carbocycles. The number of carboxylic acid groups (broad SMARTS) is 1. The van der Waals surface area contributed by atoms with Crippen molar-refractivity contribution in [2.75, 3.05) is 0 Å². The SMILES string of the molecule is CC(C)(CC(=O)O)C1=CC(=O)c2ccccc2C1=O.CC(C)(CC(=O)ON1C(=O)CCC1=O)C1=CC(=O)c2ccccc2C1=O.O=C1CCC(=O)N1O.[2H]C#C. The lowest BCUT2D eigenvalue weighted by Crippen LogP contribution is -2.35. The molecule has 6 rings (SSSR count). The van der Waals surface area contributed by atoms with Crippen molar-refractivity contribution in [3.63, 3.8) is 0 Å². The number of hydrogen-bond donors (Lipinski definition) is 2. The molecule has 2 heterocycles. The Labute approximate surface area is 316 Å². The second-order valence-corrected chi connectivity index (χ2v) is 13.8. The van der Waals surface area contributed by atoms with Gasteiger partial charge in [-0.3, -0.25) is 48.4 Å². The summed E-state index contributed by atoms with van der Waals surface area (Å²) < 4.78 is 5.74. The summed E-state index contributed by atoms with van der Waals surface area (Å²) in [4.78, 5) is 121. The van der Waals surface area contributed by atoms with Gasteiger partial charge in [-0.15, -0.1) is 17.9 Å². The number of benzene rings is 2. The van der Waals surface area contributed by atoms with Gasteiger partial charge in [0.2, 0.25) is 0 Å². The van der Waals surface area contributed by atoms with Crippen molar-refractivity contribution in [1.82, 2.24) is 10.1 Å². The van der Waals surface area contributed by atoms with E-state index in [0.717, 1.165) is 0 Å². The van der Waals surface area contributed by atoms with Crippen LogP contribution in [0.25, 0.3) is 0 Å². The van der Waals surface area contributed by atoms with Crippen LogP contribution in [0.1, 0.15) is 109 Å². The predicted molar refractivity (Wildman–Crippen MR) is 191 cm³/mol. The van der Waals surface area contributed by atoms with E-state index in [-0.39, 0.29) is 77.9 Å². The number of rotatable bonds is 7. The van der Waals surface area contributed by atoms with Gasteiger partial charge in [0.25, 0.3) is 23.6 Å². The first kappa shape index (κ1) is 41.1. The molecule has 0 atom stereocenters. The smallest absolute Gasteiger partial charge is 0.334 e. The lowest BCUT2D eigenvalue weighted by Gasteiger charge is -2.29. The number of hydrogen-bond acceptors (Lipinski definition) is 12. The Balaban J connectivity index is 0.000000243. The Kier molecular flexibility index (Phi) is 13.0. The van der Waals surface area contributed by atoms with Gasteiger partial charge in [-0.2, -0.15) is 5.06 Å². The number of hydroxylamine groups is 4. The fourth-order valence-corrected chi connectivity index (χ4v) is 5.92. The minimum Gasteiger partial charge on any atom is -0.481 e. The van der Waals surface area contributed by atoms with Crippen molar-refractivity contribution < 1.29 is 64.5 Å². The highest BCUT2D eigenvalue weighted by molar-refractivity contribution is 6.26. The van der Waals surface area contributed by atoms with Crippen molar-refractivity contribution in [2.45, 2.75) is 66.2 Å². The number of imide groups is 2. The molecule has 2 fully saturated rings. The monoisotopic (exact) mass is 755 g/mol. The average Bonchev–Trinajstić information content (AvgIpc) is 3.60. The molecular weight excluding hydrogens is 716 g/mol. The van der Waals surface area contributed by atoms with E-state index in [4.69, 9.17) is 16.5 Å². The van der Waals surface area contributed by atoms with Gasteiger partial charge in [0.1, 0.15) is 1.37 Å². The Morgan fingerprint density at radius 3 is 1.36 bits per heavy atom. The summed E-state index contributed by atoms with van der Waals surface area (Å²) in [6.45, 7) is 6.58. The zero-order valence-electron chi connectivity index (χ0n) is 31.4. The maximum atomic E-state index is 12.7. The number of ketones is 4. The van der Waals surface area contributed by atoms with Gasteiger partial charge in [-0.05, 0) is 12.2 Å². The number of allylic oxidation sites excluding steroid dienone is 4. The first-order valence-corrected chi connectivity index (χ1v) is 16.7. The summed E-state index contributed by atoms with van der Waals surface area (Å²) in [7, 11) is 0. The van der Waals surface area contributed by atoms with E-state index >= 15 is 0 Å². The van der Waals surface area contributed by atoms with Crippen molar-refractivity contribution in [3.05, 3.63) is 94.1 Å². The Morgan fingerprint density at radius 2 is 1.02 bits per heavy atom. The highest BCUT2D eigenvalue weighted by Crippen LogP contribution is 2.38. The van der Waals surface area contributed by atoms with Gasteiger partial charge in [-0.1, -0.05) is 76.2 Å². The van der Waals surface area contributed by atoms with E-state index in [1.54, 1.807) is 76.2 Å². The molecule has 0 bridgehead atoms. The van der Waals surface area contributed by atoms with E-state index in [0.29, 0.717) is 27.3 Å². The normalized spacial score (nSPS) is 16.5. The molecule has 286 valence electrons. The summed E-state index contributed by atoms with van der Waals surface area (Å²) >= 11 is 0. The van der Waals surface area contributed by atoms with Crippen molar-refractivity contribution in [3.8, 4) is 12.8 Å². The minimum absolute atomic E-state index is 0.00440. The van der Waals surface area contributed by atoms with Crippen LogP contribution in [0.3, 0.4) is 0 Å². The van der Waals surface area contributed by atoms with Crippen LogP contribution in [-0.2, 0) is 33.6 Å². The molecule has 2 N–H and O–H groups in total. The number of terminal acetylenes is 1. The molecule has 0 unspecified atom stereocenters. The molecule has 0 radical (unpaired) electrons. The third-order valence-electron chi connectivity index (χ3n) is 8.78. The highest BCUT2D eigenvalue weighted by atomic mass is 16.7. The highest BCUT2D eigenvalue weighted by Gasteiger charge is 2.40. The van der Waals surface area contributed by atoms with Crippen LogP contribution in [0.2, 0.25) is 0 Å². The van der Waals surface area contributed by atoms with E-state index in [1.807, 2.05) is 0 Å². The second-order valence-electron chi connectivity index (χ2n) is 13.8. The molecule has 2 aromatic carbocycles. The molecule has 4 aliphatic rings. The number of aliphatic carboxylic acids is 1. The number of Topliss-reactive ketones (excluding diaryl/α,β-unsaturated/α-hetero) is 2. The standard InChI is InChI=1S/C19H17NO6.C15H14O4.C4H5NO3.C2H2/c1-19(2,10-17(24)26-20-15(22)7-8-16(20)23)13-9-14(21)11-5-3-4-6-12(11)18(13)25;1-15(2,8-13(17)18)11-7-12(16)9-5-3-4-6-10(9)14(11)19;6-3-1-2-4(7)5(3)8;1-2/h3-6,9H,7-8,10H2,1-2H3;3-7H,8H2,1-2H3,(H,17,18);8H,1-2H2;1-2H/i;;;1D. The average molecular weight is 756 g/mol. The van der Waals surface area contributed by atoms with Gasteiger partial charge in [-0.25, -0.2) is 4.79 Å². The maximum absolute atomic E-state index is 12.7. The quantitative estimate of drug-likeness (QED) is 0.229. The molecule has 0 aromatic heterocycles. The Hall–Kier alpha value is -6.66. The van der Waals surface area contributed by atoms with E-state index in [2.05, 4.69) is 6.42 Å². The third kappa shape index (κ3) is 9.86. The summed E-state index contributed by atoms with van der Waals surface area (Å²) in [6.07, 6.45) is 8.12. The minimum atomic E-state index is -1.01. The number of carbonyl (C=O) groups is 10. The molecule has 2 aromatic rings. The topological polar surface area (TPSA) is 227 Å². The van der Waals surface area contributed by atoms with Crippen LogP contribution < -0.4 is 0 Å². The molecule has 2 saturated heterocycles. The fourth-order valence-electron chi connectivity index (χ4n) is 5.92. The largest absolute Gasteiger partial charge is 0.481 e. The zero-order valence-corrected chi connectivity index (χ0v) is 30.4. The third-order valence-corrected chi connectivity index (χ3v) is 8.78. The van der Waals surface area contributed by atoms with Gasteiger partial charge in [0.05, 0.1) is 12.8 Å². The van der Waals surface area contributed by atoms with Crippen LogP contribution in [0, 0.1) is 23.7 Å². The molecule has 15 heteroatoms. The van der Waals surface area contributed by atoms with Gasteiger partial charge < -0.3 is 9.94 Å². The molecule has 2 aliphatic carbocycles. The van der Waals surface area contributed by atoms with Crippen LogP contribution in [0.5, 0.6) is 0 Å².